The van der Waals surface area contributed by atoms with Crippen LogP contribution in [-0.2, 0) is 14.3 Å². The molecule has 0 aromatic carbocycles. The van der Waals surface area contributed by atoms with Crippen molar-refractivity contribution in [2.24, 2.45) is 11.8 Å². The van der Waals surface area contributed by atoms with Crippen LogP contribution < -0.4 is 0 Å². The fourth-order valence-electron chi connectivity index (χ4n) is 1.21. The summed E-state index contributed by atoms with van der Waals surface area (Å²) in [6.07, 6.45) is 2.24. The van der Waals surface area contributed by atoms with Gasteiger partial charge in [0.15, 0.2) is 0 Å². The zero-order valence-electron chi connectivity index (χ0n) is 10.4. The molecule has 0 bridgehead atoms. The molecule has 0 amide bonds. The number of hydrogen-bond acceptors (Lipinski definition) is 3. The molecule has 0 aromatic rings. The lowest BCUT2D eigenvalue weighted by atomic mass is 10.1. The Bertz CT molecular complexity index is 166. The molecule has 0 N–H and O–H groups in total. The largest absolute Gasteiger partial charge is 0.466 e. The highest BCUT2D eigenvalue weighted by Crippen LogP contribution is 2.05. The van der Waals surface area contributed by atoms with Crippen LogP contribution in [0.4, 0.5) is 0 Å². The van der Waals surface area contributed by atoms with Gasteiger partial charge in [-0.05, 0) is 32.6 Å². The van der Waals surface area contributed by atoms with Crippen LogP contribution in [0, 0.1) is 11.8 Å². The van der Waals surface area contributed by atoms with Crippen LogP contribution in [0.2, 0.25) is 0 Å². The topological polar surface area (TPSA) is 35.5 Å². The number of rotatable bonds is 8. The molecular weight excluding hydrogens is 192 g/mol. The maximum atomic E-state index is 11.2. The Morgan fingerprint density at radius 2 is 1.93 bits per heavy atom. The molecule has 3 heteroatoms. The van der Waals surface area contributed by atoms with Gasteiger partial charge < -0.3 is 9.47 Å². The van der Waals surface area contributed by atoms with Gasteiger partial charge in [-0.1, -0.05) is 13.8 Å². The molecule has 0 spiro atoms. The van der Waals surface area contributed by atoms with E-state index >= 15 is 0 Å². The number of ether oxygens (including phenoxy) is 2. The molecule has 0 rings (SSSR count). The Balaban J connectivity index is 3.38. The number of hydrogen-bond donors (Lipinski definition) is 0. The lowest BCUT2D eigenvalue weighted by Crippen LogP contribution is -2.20. The van der Waals surface area contributed by atoms with Crippen LogP contribution in [0.15, 0.2) is 0 Å². The van der Waals surface area contributed by atoms with Crippen molar-refractivity contribution in [2.45, 2.75) is 40.5 Å². The third-order valence-corrected chi connectivity index (χ3v) is 2.13. The molecule has 0 aromatic heterocycles. The smallest absolute Gasteiger partial charge is 0.310 e. The van der Waals surface area contributed by atoms with Gasteiger partial charge >= 0.3 is 5.97 Å². The van der Waals surface area contributed by atoms with E-state index in [1.807, 2.05) is 13.8 Å². The molecule has 0 fully saturated rings. The minimum Gasteiger partial charge on any atom is -0.466 e. The maximum Gasteiger partial charge on any atom is 0.310 e. The summed E-state index contributed by atoms with van der Waals surface area (Å²) < 4.78 is 10.3. The highest BCUT2D eigenvalue weighted by Gasteiger charge is 2.13. The summed E-state index contributed by atoms with van der Waals surface area (Å²) in [6, 6.07) is 0. The summed E-state index contributed by atoms with van der Waals surface area (Å²) in [4.78, 5) is 11.2. The molecule has 0 radical (unpaired) electrons. The average Bonchev–Trinajstić information content (AvgIpc) is 2.16. The summed E-state index contributed by atoms with van der Waals surface area (Å²) >= 11 is 0. The summed E-state index contributed by atoms with van der Waals surface area (Å²) in [5, 5.41) is 0. The van der Waals surface area contributed by atoms with E-state index in [9.17, 15) is 4.79 Å². The van der Waals surface area contributed by atoms with Crippen LogP contribution in [0.3, 0.4) is 0 Å². The SMILES string of the molecule is CCOC(=O)C(C)COCCCC(C)C. The molecule has 15 heavy (non-hydrogen) atoms. The molecule has 3 nitrogen and oxygen atoms in total. The van der Waals surface area contributed by atoms with Crippen molar-refractivity contribution in [1.82, 2.24) is 0 Å². The third kappa shape index (κ3) is 8.43. The molecule has 90 valence electrons. The van der Waals surface area contributed by atoms with Crippen molar-refractivity contribution in [2.75, 3.05) is 19.8 Å². The van der Waals surface area contributed by atoms with Crippen molar-refractivity contribution in [1.29, 1.82) is 0 Å². The van der Waals surface area contributed by atoms with Gasteiger partial charge in [0, 0.05) is 6.61 Å². The first-order valence-corrected chi connectivity index (χ1v) is 5.82. The van der Waals surface area contributed by atoms with Gasteiger partial charge in [-0.3, -0.25) is 4.79 Å². The Morgan fingerprint density at radius 1 is 1.27 bits per heavy atom. The monoisotopic (exact) mass is 216 g/mol. The van der Waals surface area contributed by atoms with Crippen LogP contribution in [0.1, 0.15) is 40.5 Å². The average molecular weight is 216 g/mol. The molecule has 0 aliphatic carbocycles. The first-order valence-electron chi connectivity index (χ1n) is 5.82. The lowest BCUT2D eigenvalue weighted by Gasteiger charge is -2.11. The first kappa shape index (κ1) is 14.4. The van der Waals surface area contributed by atoms with Crippen molar-refractivity contribution >= 4 is 5.97 Å². The standard InChI is InChI=1S/C12H24O3/c1-5-15-12(13)11(4)9-14-8-6-7-10(2)3/h10-11H,5-9H2,1-4H3. The molecule has 0 aliphatic rings. The van der Waals surface area contributed by atoms with E-state index in [2.05, 4.69) is 13.8 Å². The number of carbonyl (C=O) groups excluding carboxylic acids is 1. The third-order valence-electron chi connectivity index (χ3n) is 2.13. The highest BCUT2D eigenvalue weighted by molar-refractivity contribution is 5.72. The van der Waals surface area contributed by atoms with Crippen molar-refractivity contribution < 1.29 is 14.3 Å². The fraction of sp³-hybridized carbons (Fsp3) is 0.917. The molecule has 1 unspecified atom stereocenters. The van der Waals surface area contributed by atoms with E-state index in [0.29, 0.717) is 13.2 Å². The Labute approximate surface area is 93.1 Å². The minimum atomic E-state index is -0.165. The predicted molar refractivity (Wildman–Crippen MR) is 60.7 cm³/mol. The van der Waals surface area contributed by atoms with Crippen LogP contribution >= 0.6 is 0 Å². The molecule has 0 aliphatic heterocycles. The van der Waals surface area contributed by atoms with Gasteiger partial charge in [0.1, 0.15) is 0 Å². The fourth-order valence-corrected chi connectivity index (χ4v) is 1.21. The number of esters is 1. The minimum absolute atomic E-state index is 0.149. The lowest BCUT2D eigenvalue weighted by molar-refractivity contribution is -0.149. The van der Waals surface area contributed by atoms with Gasteiger partial charge in [0.05, 0.1) is 19.1 Å². The zero-order chi connectivity index (χ0) is 11.7. The molecular formula is C12H24O3. The normalized spacial score (nSPS) is 12.9. The second kappa shape index (κ2) is 8.72. The van der Waals surface area contributed by atoms with Crippen LogP contribution in [0.25, 0.3) is 0 Å². The summed E-state index contributed by atoms with van der Waals surface area (Å²) in [7, 11) is 0. The van der Waals surface area contributed by atoms with E-state index in [1.54, 1.807) is 0 Å². The van der Waals surface area contributed by atoms with Crippen LogP contribution in [0.5, 0.6) is 0 Å². The van der Waals surface area contributed by atoms with Gasteiger partial charge in [-0.25, -0.2) is 0 Å². The molecule has 1 atom stereocenters. The second-order valence-electron chi connectivity index (χ2n) is 4.26. The van der Waals surface area contributed by atoms with E-state index in [0.717, 1.165) is 18.9 Å². The van der Waals surface area contributed by atoms with E-state index in [-0.39, 0.29) is 11.9 Å². The summed E-state index contributed by atoms with van der Waals surface area (Å²) in [5.41, 5.74) is 0. The summed E-state index contributed by atoms with van der Waals surface area (Å²) in [5.74, 6) is 0.404. The van der Waals surface area contributed by atoms with Crippen LogP contribution in [-0.4, -0.2) is 25.8 Å². The molecule has 0 saturated heterocycles. The van der Waals surface area contributed by atoms with Crippen molar-refractivity contribution in [3.8, 4) is 0 Å². The quantitative estimate of drug-likeness (QED) is 0.462. The number of carbonyl (C=O) groups is 1. The van der Waals surface area contributed by atoms with Gasteiger partial charge in [0.25, 0.3) is 0 Å². The summed E-state index contributed by atoms with van der Waals surface area (Å²) in [6.45, 7) is 9.69. The molecule has 0 heterocycles. The molecule has 0 saturated carbocycles. The maximum absolute atomic E-state index is 11.2. The Morgan fingerprint density at radius 3 is 2.47 bits per heavy atom. The van der Waals surface area contributed by atoms with Gasteiger partial charge in [-0.15, -0.1) is 0 Å². The van der Waals surface area contributed by atoms with E-state index in [4.69, 9.17) is 9.47 Å². The van der Waals surface area contributed by atoms with E-state index < -0.39 is 0 Å². The Hall–Kier alpha value is -0.570. The van der Waals surface area contributed by atoms with Gasteiger partial charge in [0.2, 0.25) is 0 Å². The van der Waals surface area contributed by atoms with Gasteiger partial charge in [-0.2, -0.15) is 0 Å². The Kier molecular flexibility index (Phi) is 8.38. The predicted octanol–water partition coefficient (Wildman–Crippen LogP) is 2.64. The van der Waals surface area contributed by atoms with Crippen molar-refractivity contribution in [3.63, 3.8) is 0 Å². The van der Waals surface area contributed by atoms with E-state index in [1.165, 1.54) is 6.42 Å². The van der Waals surface area contributed by atoms with Crippen molar-refractivity contribution in [3.05, 3.63) is 0 Å². The zero-order valence-corrected chi connectivity index (χ0v) is 10.4. The highest BCUT2D eigenvalue weighted by atomic mass is 16.5. The second-order valence-corrected chi connectivity index (χ2v) is 4.26. The first-order chi connectivity index (χ1) is 7.07.